The highest BCUT2D eigenvalue weighted by molar-refractivity contribution is 5.24. The Bertz CT molecular complexity index is 315. The van der Waals surface area contributed by atoms with E-state index in [1.54, 1.807) is 0 Å². The minimum Gasteiger partial charge on any atom is -0.324 e. The molecule has 0 bridgehead atoms. The lowest BCUT2D eigenvalue weighted by molar-refractivity contribution is 0.351. The molecule has 1 aromatic carbocycles. The summed E-state index contributed by atoms with van der Waals surface area (Å²) < 4.78 is 0. The second-order valence-electron chi connectivity index (χ2n) is 5.01. The van der Waals surface area contributed by atoms with Gasteiger partial charge in [0.1, 0.15) is 0 Å². The van der Waals surface area contributed by atoms with Gasteiger partial charge in [-0.05, 0) is 30.7 Å². The zero-order chi connectivity index (χ0) is 10.8. The van der Waals surface area contributed by atoms with Crippen molar-refractivity contribution in [2.75, 3.05) is 0 Å². The first-order valence-electron chi connectivity index (χ1n) is 6.00. The highest BCUT2D eigenvalue weighted by Crippen LogP contribution is 2.38. The molecule has 0 spiro atoms. The number of nitrogens with two attached hydrogens (primary N) is 1. The Morgan fingerprint density at radius 1 is 1.20 bits per heavy atom. The first-order chi connectivity index (χ1) is 7.18. The fourth-order valence-electron chi connectivity index (χ4n) is 2.74. The van der Waals surface area contributed by atoms with Crippen molar-refractivity contribution >= 4 is 0 Å². The fourth-order valence-corrected chi connectivity index (χ4v) is 2.74. The van der Waals surface area contributed by atoms with Crippen molar-refractivity contribution in [1.82, 2.24) is 0 Å². The summed E-state index contributed by atoms with van der Waals surface area (Å²) in [6, 6.07) is 8.93. The van der Waals surface area contributed by atoms with E-state index in [-0.39, 0.29) is 6.04 Å². The molecule has 1 aromatic rings. The molecule has 2 rings (SSSR count). The summed E-state index contributed by atoms with van der Waals surface area (Å²) in [5.74, 6) is 1.48. The molecule has 2 N–H and O–H groups in total. The van der Waals surface area contributed by atoms with E-state index in [4.69, 9.17) is 5.73 Å². The molecular formula is C14H21N. The van der Waals surface area contributed by atoms with E-state index in [1.807, 2.05) is 0 Å². The van der Waals surface area contributed by atoms with E-state index in [9.17, 15) is 0 Å². The predicted molar refractivity (Wildman–Crippen MR) is 64.6 cm³/mol. The second kappa shape index (κ2) is 4.36. The van der Waals surface area contributed by atoms with Crippen LogP contribution in [0.2, 0.25) is 0 Å². The summed E-state index contributed by atoms with van der Waals surface area (Å²) in [4.78, 5) is 0. The number of hydrogen-bond acceptors (Lipinski definition) is 1. The molecule has 0 saturated heterocycles. The van der Waals surface area contributed by atoms with Gasteiger partial charge >= 0.3 is 0 Å². The van der Waals surface area contributed by atoms with Crippen LogP contribution in [0.5, 0.6) is 0 Å². The van der Waals surface area contributed by atoms with Gasteiger partial charge < -0.3 is 5.73 Å². The molecule has 15 heavy (non-hydrogen) atoms. The van der Waals surface area contributed by atoms with Crippen LogP contribution in [0.25, 0.3) is 0 Å². The van der Waals surface area contributed by atoms with Crippen molar-refractivity contribution in [2.24, 2.45) is 17.6 Å². The van der Waals surface area contributed by atoms with Crippen molar-refractivity contribution in [2.45, 2.75) is 39.2 Å². The van der Waals surface area contributed by atoms with Crippen LogP contribution in [0, 0.1) is 18.8 Å². The quantitative estimate of drug-likeness (QED) is 0.783. The maximum atomic E-state index is 6.34. The number of hydrogen-bond donors (Lipinski definition) is 1. The van der Waals surface area contributed by atoms with Gasteiger partial charge in [-0.15, -0.1) is 0 Å². The Balaban J connectivity index is 2.13. The Kier molecular flexibility index (Phi) is 3.11. The van der Waals surface area contributed by atoms with Crippen molar-refractivity contribution in [3.05, 3.63) is 35.4 Å². The van der Waals surface area contributed by atoms with Crippen LogP contribution in [0.1, 0.15) is 43.4 Å². The van der Waals surface area contributed by atoms with Crippen molar-refractivity contribution in [3.8, 4) is 0 Å². The zero-order valence-corrected chi connectivity index (χ0v) is 9.74. The Morgan fingerprint density at radius 2 is 1.87 bits per heavy atom. The van der Waals surface area contributed by atoms with Gasteiger partial charge in [0.25, 0.3) is 0 Å². The third-order valence-electron chi connectivity index (χ3n) is 3.85. The summed E-state index contributed by atoms with van der Waals surface area (Å²) in [5, 5.41) is 0. The molecule has 0 heterocycles. The van der Waals surface area contributed by atoms with Crippen LogP contribution >= 0.6 is 0 Å². The Morgan fingerprint density at radius 3 is 2.40 bits per heavy atom. The summed E-state index contributed by atoms with van der Waals surface area (Å²) in [5.41, 5.74) is 8.96. The lowest BCUT2D eigenvalue weighted by Gasteiger charge is -2.23. The van der Waals surface area contributed by atoms with E-state index in [0.29, 0.717) is 5.92 Å². The maximum Gasteiger partial charge on any atom is 0.0326 e. The standard InChI is InChI=1S/C14H21N/c1-10-6-8-12(9-7-10)14(15)13-5-3-4-11(13)2/h6-9,11,13-14H,3-5,15H2,1-2H3. The normalized spacial score (nSPS) is 27.9. The lowest BCUT2D eigenvalue weighted by Crippen LogP contribution is -2.23. The number of rotatable bonds is 2. The molecule has 1 aliphatic rings. The first-order valence-corrected chi connectivity index (χ1v) is 6.00. The van der Waals surface area contributed by atoms with Gasteiger partial charge in [0.2, 0.25) is 0 Å². The highest BCUT2D eigenvalue weighted by atomic mass is 14.7. The molecule has 0 aromatic heterocycles. The van der Waals surface area contributed by atoms with E-state index in [1.165, 1.54) is 30.4 Å². The van der Waals surface area contributed by atoms with Gasteiger partial charge in [0, 0.05) is 6.04 Å². The molecule has 0 aliphatic heterocycles. The Labute approximate surface area is 92.7 Å². The molecule has 82 valence electrons. The van der Waals surface area contributed by atoms with Gasteiger partial charge in [0.05, 0.1) is 0 Å². The van der Waals surface area contributed by atoms with Crippen LogP contribution in [-0.2, 0) is 0 Å². The molecule has 3 unspecified atom stereocenters. The minimum absolute atomic E-state index is 0.239. The number of benzene rings is 1. The average molecular weight is 203 g/mol. The second-order valence-corrected chi connectivity index (χ2v) is 5.01. The summed E-state index contributed by atoms with van der Waals surface area (Å²) in [7, 11) is 0. The summed E-state index contributed by atoms with van der Waals surface area (Å²) in [6.45, 7) is 4.46. The maximum absolute atomic E-state index is 6.34. The predicted octanol–water partition coefficient (Wildman–Crippen LogP) is 3.43. The van der Waals surface area contributed by atoms with Gasteiger partial charge in [-0.1, -0.05) is 49.6 Å². The summed E-state index contributed by atoms with van der Waals surface area (Å²) >= 11 is 0. The lowest BCUT2D eigenvalue weighted by atomic mass is 9.86. The molecule has 1 aliphatic carbocycles. The van der Waals surface area contributed by atoms with E-state index in [2.05, 4.69) is 38.1 Å². The van der Waals surface area contributed by atoms with Gasteiger partial charge in [-0.2, -0.15) is 0 Å². The van der Waals surface area contributed by atoms with Crippen LogP contribution in [0.3, 0.4) is 0 Å². The van der Waals surface area contributed by atoms with E-state index < -0.39 is 0 Å². The SMILES string of the molecule is Cc1ccc(C(N)C2CCCC2C)cc1. The van der Waals surface area contributed by atoms with Crippen LogP contribution in [0.4, 0.5) is 0 Å². The minimum atomic E-state index is 0.239. The van der Waals surface area contributed by atoms with Crippen LogP contribution in [-0.4, -0.2) is 0 Å². The molecule has 3 atom stereocenters. The fraction of sp³-hybridized carbons (Fsp3) is 0.571. The molecule has 1 heteroatoms. The topological polar surface area (TPSA) is 26.0 Å². The van der Waals surface area contributed by atoms with E-state index in [0.717, 1.165) is 5.92 Å². The third kappa shape index (κ3) is 2.23. The first kappa shape index (κ1) is 10.7. The monoisotopic (exact) mass is 203 g/mol. The zero-order valence-electron chi connectivity index (χ0n) is 9.74. The van der Waals surface area contributed by atoms with Crippen molar-refractivity contribution in [3.63, 3.8) is 0 Å². The molecule has 0 radical (unpaired) electrons. The van der Waals surface area contributed by atoms with Crippen LogP contribution in [0.15, 0.2) is 24.3 Å². The van der Waals surface area contributed by atoms with Crippen LogP contribution < -0.4 is 5.73 Å². The van der Waals surface area contributed by atoms with Crippen molar-refractivity contribution in [1.29, 1.82) is 0 Å². The average Bonchev–Trinajstić information content (AvgIpc) is 2.65. The molecule has 1 fully saturated rings. The van der Waals surface area contributed by atoms with E-state index >= 15 is 0 Å². The largest absolute Gasteiger partial charge is 0.324 e. The molecule has 1 nitrogen and oxygen atoms in total. The number of aryl methyl sites for hydroxylation is 1. The molecular weight excluding hydrogens is 182 g/mol. The van der Waals surface area contributed by atoms with Gasteiger partial charge in [-0.3, -0.25) is 0 Å². The molecule has 0 amide bonds. The Hall–Kier alpha value is -0.820. The van der Waals surface area contributed by atoms with Gasteiger partial charge in [-0.25, -0.2) is 0 Å². The van der Waals surface area contributed by atoms with Gasteiger partial charge in [0.15, 0.2) is 0 Å². The summed E-state index contributed by atoms with van der Waals surface area (Å²) in [6.07, 6.45) is 4.01. The third-order valence-corrected chi connectivity index (χ3v) is 3.85. The van der Waals surface area contributed by atoms with Crippen molar-refractivity contribution < 1.29 is 0 Å². The highest BCUT2D eigenvalue weighted by Gasteiger charge is 2.29. The smallest absolute Gasteiger partial charge is 0.0326 e. The molecule has 1 saturated carbocycles.